The highest BCUT2D eigenvalue weighted by atomic mass is 16.7. The van der Waals surface area contributed by atoms with Crippen LogP contribution in [0.1, 0.15) is 37.4 Å². The maximum Gasteiger partial charge on any atom is 0.244 e. The van der Waals surface area contributed by atoms with E-state index in [1.165, 1.54) is 0 Å². The van der Waals surface area contributed by atoms with E-state index in [0.717, 1.165) is 23.3 Å². The van der Waals surface area contributed by atoms with Crippen LogP contribution >= 0.6 is 0 Å². The van der Waals surface area contributed by atoms with E-state index >= 15 is 0 Å². The molecule has 4 nitrogen and oxygen atoms in total. The predicted molar refractivity (Wildman–Crippen MR) is 98.4 cm³/mol. The Morgan fingerprint density at radius 2 is 1.88 bits per heavy atom. The summed E-state index contributed by atoms with van der Waals surface area (Å²) < 4.78 is 10.6. The number of ether oxygens (including phenoxy) is 2. The minimum atomic E-state index is -0.104. The summed E-state index contributed by atoms with van der Waals surface area (Å²) in [4.78, 5) is 12.4. The summed E-state index contributed by atoms with van der Waals surface area (Å²) >= 11 is 0. The lowest BCUT2D eigenvalue weighted by atomic mass is 9.97. The third kappa shape index (κ3) is 4.63. The van der Waals surface area contributed by atoms with Crippen molar-refractivity contribution in [3.63, 3.8) is 0 Å². The molecular formula is C21H23NO3. The molecule has 0 radical (unpaired) electrons. The summed E-state index contributed by atoms with van der Waals surface area (Å²) in [5, 5.41) is 3.11. The van der Waals surface area contributed by atoms with Crippen molar-refractivity contribution in [3.05, 3.63) is 65.7 Å². The van der Waals surface area contributed by atoms with Gasteiger partial charge in [0.1, 0.15) is 0 Å². The molecule has 25 heavy (non-hydrogen) atoms. The second-order valence-electron chi connectivity index (χ2n) is 6.55. The van der Waals surface area contributed by atoms with E-state index < -0.39 is 0 Å². The van der Waals surface area contributed by atoms with E-state index in [0.29, 0.717) is 11.7 Å². The fourth-order valence-corrected chi connectivity index (χ4v) is 2.84. The molecule has 1 aliphatic rings. The summed E-state index contributed by atoms with van der Waals surface area (Å²) in [6.45, 7) is 4.56. The number of nitrogens with one attached hydrogen (secondary N) is 1. The Hall–Kier alpha value is -2.75. The first-order chi connectivity index (χ1) is 12.1. The van der Waals surface area contributed by atoms with Crippen molar-refractivity contribution in [2.24, 2.45) is 5.92 Å². The third-order valence-electron chi connectivity index (χ3n) is 4.05. The van der Waals surface area contributed by atoms with Gasteiger partial charge in [0.2, 0.25) is 12.7 Å². The van der Waals surface area contributed by atoms with Crippen LogP contribution in [0, 0.1) is 5.92 Å². The summed E-state index contributed by atoms with van der Waals surface area (Å²) in [6.07, 6.45) is 4.25. The molecule has 0 fully saturated rings. The molecule has 0 aliphatic carbocycles. The molecule has 1 atom stereocenters. The largest absolute Gasteiger partial charge is 0.454 e. The lowest BCUT2D eigenvalue weighted by Crippen LogP contribution is -2.27. The Labute approximate surface area is 148 Å². The molecule has 0 aromatic heterocycles. The Morgan fingerprint density at radius 3 is 2.64 bits per heavy atom. The highest BCUT2D eigenvalue weighted by Gasteiger charge is 2.15. The van der Waals surface area contributed by atoms with Gasteiger partial charge in [-0.05, 0) is 41.7 Å². The summed E-state index contributed by atoms with van der Waals surface area (Å²) in [7, 11) is 0. The van der Waals surface area contributed by atoms with Gasteiger partial charge in [-0.3, -0.25) is 4.79 Å². The summed E-state index contributed by atoms with van der Waals surface area (Å²) in [5.41, 5.74) is 2.03. The zero-order valence-electron chi connectivity index (χ0n) is 14.6. The van der Waals surface area contributed by atoms with Gasteiger partial charge in [-0.25, -0.2) is 0 Å². The molecule has 2 aromatic carbocycles. The molecule has 1 N–H and O–H groups in total. The minimum Gasteiger partial charge on any atom is -0.454 e. The van der Waals surface area contributed by atoms with Crippen molar-refractivity contribution < 1.29 is 14.3 Å². The summed E-state index contributed by atoms with van der Waals surface area (Å²) in [6, 6.07) is 15.7. The van der Waals surface area contributed by atoms with Crippen molar-refractivity contribution in [2.45, 2.75) is 26.3 Å². The van der Waals surface area contributed by atoms with Crippen LogP contribution in [0.3, 0.4) is 0 Å². The maximum absolute atomic E-state index is 12.4. The Morgan fingerprint density at radius 1 is 1.12 bits per heavy atom. The fraction of sp³-hybridized carbons (Fsp3) is 0.286. The number of fused-ring (bicyclic) bond motifs is 1. The van der Waals surface area contributed by atoms with Crippen LogP contribution in [0.2, 0.25) is 0 Å². The van der Waals surface area contributed by atoms with E-state index in [-0.39, 0.29) is 18.7 Å². The number of carbonyl (C=O) groups excluding carboxylic acids is 1. The van der Waals surface area contributed by atoms with Crippen LogP contribution < -0.4 is 14.8 Å². The fourth-order valence-electron chi connectivity index (χ4n) is 2.84. The molecule has 0 bridgehead atoms. The van der Waals surface area contributed by atoms with Gasteiger partial charge in [-0.1, -0.05) is 50.2 Å². The molecule has 3 rings (SSSR count). The highest BCUT2D eigenvalue weighted by Crippen LogP contribution is 2.32. The van der Waals surface area contributed by atoms with Crippen LogP contribution in [-0.4, -0.2) is 12.7 Å². The van der Waals surface area contributed by atoms with Crippen molar-refractivity contribution in [3.8, 4) is 11.5 Å². The smallest absolute Gasteiger partial charge is 0.244 e. The second kappa shape index (κ2) is 7.88. The number of carbonyl (C=O) groups is 1. The zero-order chi connectivity index (χ0) is 17.6. The van der Waals surface area contributed by atoms with E-state index in [2.05, 4.69) is 31.3 Å². The molecule has 4 heteroatoms. The van der Waals surface area contributed by atoms with Gasteiger partial charge in [-0.2, -0.15) is 0 Å². The lowest BCUT2D eigenvalue weighted by Gasteiger charge is -2.20. The topological polar surface area (TPSA) is 47.6 Å². The number of hydrogen-bond donors (Lipinski definition) is 1. The van der Waals surface area contributed by atoms with Crippen LogP contribution in [0.5, 0.6) is 11.5 Å². The van der Waals surface area contributed by atoms with Gasteiger partial charge in [0.25, 0.3) is 0 Å². The van der Waals surface area contributed by atoms with Crippen molar-refractivity contribution in [1.82, 2.24) is 5.32 Å². The van der Waals surface area contributed by atoms with Crippen molar-refractivity contribution in [2.75, 3.05) is 6.79 Å². The van der Waals surface area contributed by atoms with E-state index in [1.54, 1.807) is 12.2 Å². The molecule has 1 heterocycles. The average molecular weight is 337 g/mol. The normalized spacial score (nSPS) is 14.0. The molecule has 0 saturated heterocycles. The lowest BCUT2D eigenvalue weighted by molar-refractivity contribution is -0.117. The standard InChI is InChI=1S/C21H23NO3/c1-15(2)12-18(17-6-4-3-5-7-17)22-21(23)11-9-16-8-10-19-20(13-16)25-14-24-19/h3-11,13,15,18H,12,14H2,1-2H3,(H,22,23)/b11-9+/t18-/m0/s1. The Bertz CT molecular complexity index is 753. The summed E-state index contributed by atoms with van der Waals surface area (Å²) in [5.74, 6) is 1.84. The first-order valence-corrected chi connectivity index (χ1v) is 8.55. The van der Waals surface area contributed by atoms with E-state index in [1.807, 2.05) is 36.4 Å². The van der Waals surface area contributed by atoms with Crippen LogP contribution in [0.15, 0.2) is 54.6 Å². The SMILES string of the molecule is CC(C)C[C@H](NC(=O)/C=C/c1ccc2c(c1)OCO2)c1ccccc1. The van der Waals surface area contributed by atoms with Crippen LogP contribution in [0.4, 0.5) is 0 Å². The number of benzene rings is 2. The van der Waals surface area contributed by atoms with Gasteiger partial charge >= 0.3 is 0 Å². The molecule has 130 valence electrons. The van der Waals surface area contributed by atoms with Crippen molar-refractivity contribution >= 4 is 12.0 Å². The van der Waals surface area contributed by atoms with Gasteiger partial charge < -0.3 is 14.8 Å². The van der Waals surface area contributed by atoms with Gasteiger partial charge in [0.15, 0.2) is 11.5 Å². The molecule has 0 spiro atoms. The zero-order valence-corrected chi connectivity index (χ0v) is 14.6. The molecule has 1 amide bonds. The second-order valence-corrected chi connectivity index (χ2v) is 6.55. The molecule has 0 unspecified atom stereocenters. The first-order valence-electron chi connectivity index (χ1n) is 8.55. The maximum atomic E-state index is 12.4. The van der Waals surface area contributed by atoms with Gasteiger partial charge in [0.05, 0.1) is 6.04 Å². The van der Waals surface area contributed by atoms with Gasteiger partial charge in [-0.15, -0.1) is 0 Å². The number of amides is 1. The number of rotatable bonds is 6. The number of hydrogen-bond acceptors (Lipinski definition) is 3. The molecular weight excluding hydrogens is 314 g/mol. The molecule has 2 aromatic rings. The first kappa shape index (κ1) is 17.1. The average Bonchev–Trinajstić information content (AvgIpc) is 3.07. The van der Waals surface area contributed by atoms with E-state index in [9.17, 15) is 4.79 Å². The van der Waals surface area contributed by atoms with Gasteiger partial charge in [0, 0.05) is 6.08 Å². The molecule has 0 saturated carbocycles. The third-order valence-corrected chi connectivity index (χ3v) is 4.05. The molecule has 1 aliphatic heterocycles. The quantitative estimate of drug-likeness (QED) is 0.798. The Kier molecular flexibility index (Phi) is 5.39. The van der Waals surface area contributed by atoms with Crippen LogP contribution in [-0.2, 0) is 4.79 Å². The van der Waals surface area contributed by atoms with Crippen molar-refractivity contribution in [1.29, 1.82) is 0 Å². The highest BCUT2D eigenvalue weighted by molar-refractivity contribution is 5.92. The monoisotopic (exact) mass is 337 g/mol. The Balaban J connectivity index is 1.67. The predicted octanol–water partition coefficient (Wildman–Crippen LogP) is 4.33. The van der Waals surface area contributed by atoms with Crippen LogP contribution in [0.25, 0.3) is 6.08 Å². The van der Waals surface area contributed by atoms with E-state index in [4.69, 9.17) is 9.47 Å². The minimum absolute atomic E-state index is 0.00936.